The lowest BCUT2D eigenvalue weighted by Crippen LogP contribution is -2.19. The Hall–Kier alpha value is -0.710. The van der Waals surface area contributed by atoms with E-state index >= 15 is 0 Å². The maximum absolute atomic E-state index is 5.16. The summed E-state index contributed by atoms with van der Waals surface area (Å²) in [6, 6.07) is 6.15. The van der Waals surface area contributed by atoms with Crippen molar-refractivity contribution in [1.29, 1.82) is 0 Å². The van der Waals surface area contributed by atoms with Crippen molar-refractivity contribution >= 4 is 35.7 Å². The molecule has 0 aliphatic carbocycles. The van der Waals surface area contributed by atoms with Gasteiger partial charge < -0.3 is 9.64 Å². The number of halogens is 1. The Balaban J connectivity index is 0.000000980. The Bertz CT molecular complexity index is 349. The lowest BCUT2D eigenvalue weighted by Gasteiger charge is -2.23. The number of methoxy groups -OCH3 is 1. The summed E-state index contributed by atoms with van der Waals surface area (Å²) < 4.78 is 5.16. The molecule has 14 heavy (non-hydrogen) atoms. The number of hydrogen-bond acceptors (Lipinski definition) is 2. The van der Waals surface area contributed by atoms with E-state index in [-0.39, 0.29) is 24.0 Å². The molecule has 1 aliphatic rings. The van der Waals surface area contributed by atoms with Gasteiger partial charge in [0.15, 0.2) is 0 Å². The van der Waals surface area contributed by atoms with Crippen molar-refractivity contribution in [2.45, 2.75) is 0 Å². The quantitative estimate of drug-likeness (QED) is 0.740. The highest BCUT2D eigenvalue weighted by atomic mass is 127. The average Bonchev–Trinajstić information content (AvgIpc) is 2.18. The molecular formula is C11H14INO. The molecule has 0 unspecified atom stereocenters. The number of likely N-dealkylation sites (N-methyl/N-ethyl adjacent to an activating group) is 1. The summed E-state index contributed by atoms with van der Waals surface area (Å²) >= 11 is 0. The number of rotatable bonds is 1. The first-order chi connectivity index (χ1) is 6.31. The van der Waals surface area contributed by atoms with Crippen LogP contribution in [0.3, 0.4) is 0 Å². The molecule has 0 aromatic heterocycles. The fraction of sp³-hybridized carbons (Fsp3) is 0.273. The molecule has 1 aromatic rings. The molecule has 2 rings (SSSR count). The van der Waals surface area contributed by atoms with Crippen molar-refractivity contribution in [2.24, 2.45) is 0 Å². The van der Waals surface area contributed by atoms with E-state index in [1.807, 2.05) is 6.07 Å². The van der Waals surface area contributed by atoms with Gasteiger partial charge in [-0.15, -0.1) is 24.0 Å². The highest BCUT2D eigenvalue weighted by Crippen LogP contribution is 2.28. The smallest absolute Gasteiger partial charge is 0.119 e. The highest BCUT2D eigenvalue weighted by molar-refractivity contribution is 14.0. The van der Waals surface area contributed by atoms with Crippen LogP contribution in [0.2, 0.25) is 0 Å². The molecule has 0 amide bonds. The van der Waals surface area contributed by atoms with Gasteiger partial charge in [-0.05, 0) is 18.2 Å². The molecule has 0 bridgehead atoms. The first kappa shape index (κ1) is 11.4. The standard InChI is InChI=1S/C11H13NO.HI/c1-12-7-3-4-9-8-10(13-2)5-6-11(9)12;/h3-6,8H,7H2,1-2H3;1H. The van der Waals surface area contributed by atoms with Crippen LogP contribution in [-0.4, -0.2) is 20.7 Å². The van der Waals surface area contributed by atoms with Gasteiger partial charge in [-0.1, -0.05) is 12.2 Å². The molecule has 0 spiro atoms. The molecule has 0 saturated heterocycles. The average molecular weight is 303 g/mol. The highest BCUT2D eigenvalue weighted by Gasteiger charge is 2.08. The van der Waals surface area contributed by atoms with Crippen LogP contribution in [0.15, 0.2) is 24.3 Å². The molecule has 2 nitrogen and oxygen atoms in total. The zero-order valence-electron chi connectivity index (χ0n) is 8.36. The van der Waals surface area contributed by atoms with Crippen LogP contribution in [-0.2, 0) is 0 Å². The molecule has 0 N–H and O–H groups in total. The number of ether oxygens (including phenoxy) is 1. The third-order valence-corrected chi connectivity index (χ3v) is 2.32. The summed E-state index contributed by atoms with van der Waals surface area (Å²) in [5.41, 5.74) is 2.50. The van der Waals surface area contributed by atoms with Gasteiger partial charge in [0.05, 0.1) is 7.11 Å². The summed E-state index contributed by atoms with van der Waals surface area (Å²) in [4.78, 5) is 2.22. The van der Waals surface area contributed by atoms with Crippen molar-refractivity contribution in [1.82, 2.24) is 0 Å². The van der Waals surface area contributed by atoms with Crippen LogP contribution < -0.4 is 9.64 Å². The van der Waals surface area contributed by atoms with E-state index in [4.69, 9.17) is 4.74 Å². The number of fused-ring (bicyclic) bond motifs is 1. The molecule has 1 aliphatic heterocycles. The Labute approximate surface area is 102 Å². The molecule has 0 radical (unpaired) electrons. The van der Waals surface area contributed by atoms with Crippen molar-refractivity contribution in [3.63, 3.8) is 0 Å². The summed E-state index contributed by atoms with van der Waals surface area (Å²) in [6.07, 6.45) is 4.29. The number of hydrogen-bond donors (Lipinski definition) is 0. The largest absolute Gasteiger partial charge is 0.497 e. The minimum Gasteiger partial charge on any atom is -0.497 e. The Morgan fingerprint density at radius 2 is 2.14 bits per heavy atom. The van der Waals surface area contributed by atoms with Crippen LogP contribution in [0.25, 0.3) is 6.08 Å². The van der Waals surface area contributed by atoms with E-state index in [9.17, 15) is 0 Å². The Morgan fingerprint density at radius 3 is 2.86 bits per heavy atom. The van der Waals surface area contributed by atoms with E-state index in [2.05, 4.69) is 36.2 Å². The first-order valence-corrected chi connectivity index (χ1v) is 4.37. The maximum Gasteiger partial charge on any atom is 0.119 e. The van der Waals surface area contributed by atoms with Crippen molar-refractivity contribution in [2.75, 3.05) is 25.6 Å². The number of anilines is 1. The van der Waals surface area contributed by atoms with Gasteiger partial charge in [-0.2, -0.15) is 0 Å². The van der Waals surface area contributed by atoms with Gasteiger partial charge in [0.25, 0.3) is 0 Å². The number of benzene rings is 1. The second kappa shape index (κ2) is 4.68. The molecule has 1 heterocycles. The number of nitrogens with zero attached hydrogens (tertiary/aromatic N) is 1. The van der Waals surface area contributed by atoms with Crippen LogP contribution in [0, 0.1) is 0 Å². The summed E-state index contributed by atoms with van der Waals surface area (Å²) in [5.74, 6) is 0.915. The van der Waals surface area contributed by atoms with Crippen LogP contribution >= 0.6 is 24.0 Å². The molecule has 76 valence electrons. The summed E-state index contributed by atoms with van der Waals surface area (Å²) in [5, 5.41) is 0. The van der Waals surface area contributed by atoms with Gasteiger partial charge in [0.1, 0.15) is 5.75 Å². The third kappa shape index (κ3) is 2.03. The van der Waals surface area contributed by atoms with Gasteiger partial charge in [0.2, 0.25) is 0 Å². The van der Waals surface area contributed by atoms with Crippen LogP contribution in [0.5, 0.6) is 5.75 Å². The first-order valence-electron chi connectivity index (χ1n) is 4.37. The second-order valence-corrected chi connectivity index (χ2v) is 3.21. The SMILES string of the molecule is COc1ccc2c(c1)C=CCN2C.I. The molecule has 0 atom stereocenters. The lowest BCUT2D eigenvalue weighted by atomic mass is 10.1. The van der Waals surface area contributed by atoms with Crippen molar-refractivity contribution < 1.29 is 4.74 Å². The normalized spacial score (nSPS) is 13.1. The molecule has 1 aromatic carbocycles. The molecule has 0 saturated carbocycles. The predicted molar refractivity (Wildman–Crippen MR) is 70.7 cm³/mol. The monoisotopic (exact) mass is 303 g/mol. The third-order valence-electron chi connectivity index (χ3n) is 2.32. The Kier molecular flexibility index (Phi) is 3.80. The van der Waals surface area contributed by atoms with Crippen LogP contribution in [0.4, 0.5) is 5.69 Å². The molecule has 3 heteroatoms. The van der Waals surface area contributed by atoms with Gasteiger partial charge in [-0.3, -0.25) is 0 Å². The van der Waals surface area contributed by atoms with Crippen molar-refractivity contribution in [3.8, 4) is 5.75 Å². The van der Waals surface area contributed by atoms with Gasteiger partial charge >= 0.3 is 0 Å². The topological polar surface area (TPSA) is 12.5 Å². The zero-order chi connectivity index (χ0) is 9.26. The maximum atomic E-state index is 5.16. The van der Waals surface area contributed by atoms with Gasteiger partial charge in [-0.25, -0.2) is 0 Å². The lowest BCUT2D eigenvalue weighted by molar-refractivity contribution is 0.414. The van der Waals surface area contributed by atoms with Gasteiger partial charge in [0, 0.05) is 24.8 Å². The van der Waals surface area contributed by atoms with E-state index in [0.29, 0.717) is 0 Å². The summed E-state index contributed by atoms with van der Waals surface area (Å²) in [6.45, 7) is 0.985. The molecular weight excluding hydrogens is 289 g/mol. The van der Waals surface area contributed by atoms with E-state index in [0.717, 1.165) is 12.3 Å². The van der Waals surface area contributed by atoms with Crippen molar-refractivity contribution in [3.05, 3.63) is 29.8 Å². The predicted octanol–water partition coefficient (Wildman–Crippen LogP) is 2.78. The van der Waals surface area contributed by atoms with E-state index in [1.165, 1.54) is 11.3 Å². The summed E-state index contributed by atoms with van der Waals surface area (Å²) in [7, 11) is 3.78. The van der Waals surface area contributed by atoms with E-state index in [1.54, 1.807) is 7.11 Å². The zero-order valence-corrected chi connectivity index (χ0v) is 10.7. The van der Waals surface area contributed by atoms with E-state index < -0.39 is 0 Å². The fourth-order valence-electron chi connectivity index (χ4n) is 1.58. The fourth-order valence-corrected chi connectivity index (χ4v) is 1.58. The van der Waals surface area contributed by atoms with Crippen LogP contribution in [0.1, 0.15) is 5.56 Å². The minimum absolute atomic E-state index is 0. The Morgan fingerprint density at radius 1 is 1.36 bits per heavy atom. The second-order valence-electron chi connectivity index (χ2n) is 3.21. The minimum atomic E-state index is 0. The molecule has 0 fully saturated rings.